The Morgan fingerprint density at radius 3 is 2.17 bits per heavy atom. The number of piperazine rings is 1. The number of rotatable bonds is 5. The van der Waals surface area contributed by atoms with E-state index in [-0.39, 0.29) is 55.2 Å². The molecule has 4 rings (SSSR count). The molecule has 2 bridgehead atoms. The molecule has 2 aliphatic rings. The lowest BCUT2D eigenvalue weighted by Crippen LogP contribution is -2.52. The number of benzene rings is 2. The molecule has 6 nitrogen and oxygen atoms in total. The summed E-state index contributed by atoms with van der Waals surface area (Å²) in [6, 6.07) is 3.43. The third-order valence-corrected chi connectivity index (χ3v) is 6.29. The maximum atomic E-state index is 13.8. The number of carbonyl (C=O) groups is 2. The van der Waals surface area contributed by atoms with E-state index < -0.39 is 41.3 Å². The van der Waals surface area contributed by atoms with E-state index >= 15 is 0 Å². The fraction of sp³-hybridized carbons (Fsp3) is 0.391. The van der Waals surface area contributed by atoms with Crippen molar-refractivity contribution in [1.29, 1.82) is 0 Å². The molecule has 2 aromatic rings. The summed E-state index contributed by atoms with van der Waals surface area (Å²) in [7, 11) is 0. The van der Waals surface area contributed by atoms with E-state index in [0.29, 0.717) is 12.5 Å². The van der Waals surface area contributed by atoms with Crippen molar-refractivity contribution < 1.29 is 35.9 Å². The number of urea groups is 1. The van der Waals surface area contributed by atoms with Crippen molar-refractivity contribution in [3.05, 3.63) is 65.0 Å². The lowest BCUT2D eigenvalue weighted by molar-refractivity contribution is -0.137. The summed E-state index contributed by atoms with van der Waals surface area (Å²) in [5.74, 6) is -3.75. The predicted octanol–water partition coefficient (Wildman–Crippen LogP) is 3.90. The van der Waals surface area contributed by atoms with Gasteiger partial charge in [-0.05, 0) is 48.7 Å². The van der Waals surface area contributed by atoms with Crippen LogP contribution in [0, 0.1) is 17.5 Å². The monoisotopic (exact) mass is 500 g/mol. The fourth-order valence-corrected chi connectivity index (χ4v) is 4.58. The van der Waals surface area contributed by atoms with E-state index in [2.05, 4.69) is 5.32 Å². The van der Waals surface area contributed by atoms with Crippen molar-refractivity contribution in [2.75, 3.05) is 18.4 Å². The zero-order valence-electron chi connectivity index (χ0n) is 18.3. The third kappa shape index (κ3) is 5.37. The van der Waals surface area contributed by atoms with Crippen molar-refractivity contribution in [1.82, 2.24) is 9.80 Å². The van der Waals surface area contributed by atoms with Gasteiger partial charge in [-0.1, -0.05) is 0 Å². The van der Waals surface area contributed by atoms with Gasteiger partial charge in [0.1, 0.15) is 5.82 Å². The molecule has 0 radical (unpaired) electrons. The number of nitrogens with one attached hydrogen (secondary N) is 1. The average Bonchev–Trinajstić information content (AvgIpc) is 3.38. The first kappa shape index (κ1) is 24.8. The van der Waals surface area contributed by atoms with E-state index in [9.17, 15) is 35.9 Å². The topological polar surface area (TPSA) is 78.7 Å². The van der Waals surface area contributed by atoms with E-state index in [4.69, 9.17) is 5.73 Å². The normalized spacial score (nSPS) is 20.3. The van der Waals surface area contributed by atoms with E-state index in [1.165, 1.54) is 17.0 Å². The number of likely N-dealkylation sites (tertiary alicyclic amines) is 2. The number of fused-ring (bicyclic) bond motifs is 2. The minimum absolute atomic E-state index is 0.127. The molecule has 0 aromatic heterocycles. The summed E-state index contributed by atoms with van der Waals surface area (Å²) >= 11 is 0. The Morgan fingerprint density at radius 2 is 1.57 bits per heavy atom. The first-order valence-electron chi connectivity index (χ1n) is 10.9. The number of hydrogen-bond donors (Lipinski definition) is 2. The number of alkyl halides is 3. The van der Waals surface area contributed by atoms with Gasteiger partial charge in [-0.25, -0.2) is 18.0 Å². The maximum Gasteiger partial charge on any atom is 0.416 e. The van der Waals surface area contributed by atoms with Gasteiger partial charge in [-0.3, -0.25) is 4.79 Å². The van der Waals surface area contributed by atoms with Crippen LogP contribution in [0.3, 0.4) is 0 Å². The molecule has 2 heterocycles. The van der Waals surface area contributed by atoms with Gasteiger partial charge in [0.15, 0.2) is 11.6 Å². The molecular weight excluding hydrogens is 478 g/mol. The molecule has 2 aliphatic heterocycles. The number of nitrogens with two attached hydrogens (primary N) is 1. The molecule has 12 heteroatoms. The van der Waals surface area contributed by atoms with E-state index in [0.717, 1.165) is 18.2 Å². The van der Waals surface area contributed by atoms with Crippen LogP contribution in [0.25, 0.3) is 0 Å². The van der Waals surface area contributed by atoms with Gasteiger partial charge in [-0.15, -0.1) is 0 Å². The first-order chi connectivity index (χ1) is 16.4. The number of hydrogen-bond acceptors (Lipinski definition) is 3. The molecule has 0 saturated carbocycles. The molecule has 0 aliphatic carbocycles. The van der Waals surface area contributed by atoms with E-state index in [1.807, 2.05) is 0 Å². The largest absolute Gasteiger partial charge is 0.416 e. The Morgan fingerprint density at radius 1 is 0.971 bits per heavy atom. The second kappa shape index (κ2) is 9.40. The van der Waals surface area contributed by atoms with Crippen molar-refractivity contribution in [3.63, 3.8) is 0 Å². The lowest BCUT2D eigenvalue weighted by atomic mass is 10.0. The molecule has 3 amide bonds. The number of carbonyl (C=O) groups excluding carboxylic acids is 2. The zero-order chi connectivity index (χ0) is 25.5. The molecule has 3 N–H and O–H groups in total. The number of amides is 3. The van der Waals surface area contributed by atoms with Gasteiger partial charge in [0, 0.05) is 37.3 Å². The van der Waals surface area contributed by atoms with E-state index in [1.54, 1.807) is 4.90 Å². The minimum Gasteiger partial charge on any atom is -0.336 e. The predicted molar refractivity (Wildman–Crippen MR) is 114 cm³/mol. The van der Waals surface area contributed by atoms with Crippen LogP contribution in [0.1, 0.15) is 24.0 Å². The van der Waals surface area contributed by atoms with Crippen molar-refractivity contribution in [2.24, 2.45) is 5.73 Å². The summed E-state index contributed by atoms with van der Waals surface area (Å²) in [6.07, 6.45) is -4.23. The van der Waals surface area contributed by atoms with Crippen LogP contribution in [-0.4, -0.2) is 53.0 Å². The summed E-state index contributed by atoms with van der Waals surface area (Å²) in [6.45, 7) is 0.506. The molecule has 35 heavy (non-hydrogen) atoms. The molecule has 0 spiro atoms. The van der Waals surface area contributed by atoms with Crippen LogP contribution in [0.4, 0.5) is 36.8 Å². The van der Waals surface area contributed by atoms with Gasteiger partial charge in [-0.2, -0.15) is 13.2 Å². The summed E-state index contributed by atoms with van der Waals surface area (Å²) in [5.41, 5.74) is 5.22. The number of halogens is 6. The minimum atomic E-state index is -4.47. The highest BCUT2D eigenvalue weighted by atomic mass is 19.4. The first-order valence-corrected chi connectivity index (χ1v) is 10.9. The molecule has 188 valence electrons. The van der Waals surface area contributed by atoms with Crippen LogP contribution in [0.5, 0.6) is 0 Å². The van der Waals surface area contributed by atoms with Crippen molar-refractivity contribution >= 4 is 17.6 Å². The van der Waals surface area contributed by atoms with Crippen LogP contribution in [-0.2, 0) is 17.4 Å². The number of anilines is 1. The maximum absolute atomic E-state index is 13.8. The van der Waals surface area contributed by atoms with Gasteiger partial charge < -0.3 is 20.9 Å². The Labute approximate surface area is 196 Å². The fourth-order valence-electron chi connectivity index (χ4n) is 4.58. The van der Waals surface area contributed by atoms with Crippen LogP contribution < -0.4 is 11.1 Å². The second-order valence-corrected chi connectivity index (χ2v) is 8.77. The Hall–Kier alpha value is -3.28. The average molecular weight is 500 g/mol. The third-order valence-electron chi connectivity index (χ3n) is 6.29. The Bertz CT molecular complexity index is 1120. The highest BCUT2D eigenvalue weighted by Gasteiger charge is 2.47. The van der Waals surface area contributed by atoms with Gasteiger partial charge in [0.2, 0.25) is 5.91 Å². The smallest absolute Gasteiger partial charge is 0.336 e. The summed E-state index contributed by atoms with van der Waals surface area (Å²) in [4.78, 5) is 28.5. The van der Waals surface area contributed by atoms with Crippen LogP contribution >= 0.6 is 0 Å². The molecule has 2 aromatic carbocycles. The van der Waals surface area contributed by atoms with Gasteiger partial charge >= 0.3 is 12.2 Å². The molecular formula is C23H22F6N4O2. The Kier molecular flexibility index (Phi) is 6.67. The quantitative estimate of drug-likeness (QED) is 0.483. The highest BCUT2D eigenvalue weighted by Crippen LogP contribution is 2.33. The Balaban J connectivity index is 1.29. The van der Waals surface area contributed by atoms with Crippen molar-refractivity contribution in [3.8, 4) is 0 Å². The molecule has 2 saturated heterocycles. The molecule has 2 fully saturated rings. The molecule has 0 unspecified atom stereocenters. The number of nitrogens with zero attached hydrogens (tertiary/aromatic N) is 2. The van der Waals surface area contributed by atoms with Crippen molar-refractivity contribution in [2.45, 2.75) is 43.6 Å². The highest BCUT2D eigenvalue weighted by molar-refractivity contribution is 5.90. The SMILES string of the molecule is N[C@@H](CC(=O)N1C[C@@H]2C[C@H]1CN2C(=O)Nc1ccc(C(F)(F)F)cc1)Cc1cc(F)c(F)cc1F. The summed E-state index contributed by atoms with van der Waals surface area (Å²) in [5, 5.41) is 2.57. The van der Waals surface area contributed by atoms with Crippen LogP contribution in [0.2, 0.25) is 0 Å². The molecule has 3 atom stereocenters. The second-order valence-electron chi connectivity index (χ2n) is 8.77. The van der Waals surface area contributed by atoms with Gasteiger partial charge in [0.25, 0.3) is 0 Å². The summed E-state index contributed by atoms with van der Waals surface area (Å²) < 4.78 is 78.4. The standard InChI is InChI=1S/C23H22F6N4O2/c24-18-9-20(26)19(25)6-12(18)5-14(30)7-21(34)32-10-17-8-16(32)11-33(17)22(35)31-15-3-1-13(2-4-15)23(27,28)29/h1-4,6,9,14,16-17H,5,7-8,10-11,30H2,(H,31,35)/t14-,16+,17+/m1/s1. The lowest BCUT2D eigenvalue weighted by Gasteiger charge is -2.34. The zero-order valence-corrected chi connectivity index (χ0v) is 18.3. The van der Waals surface area contributed by atoms with Gasteiger partial charge in [0.05, 0.1) is 17.6 Å². The van der Waals surface area contributed by atoms with Crippen LogP contribution in [0.15, 0.2) is 36.4 Å².